The van der Waals surface area contributed by atoms with E-state index in [-0.39, 0.29) is 5.79 Å². The highest BCUT2D eigenvalue weighted by Crippen LogP contribution is 2.25. The average Bonchev–Trinajstić information content (AvgIpc) is 2.63. The van der Waals surface area contributed by atoms with Crippen molar-refractivity contribution in [1.82, 2.24) is 10.2 Å². The molecule has 14 heavy (non-hydrogen) atoms. The van der Waals surface area contributed by atoms with Crippen molar-refractivity contribution in [2.75, 3.05) is 40.4 Å². The monoisotopic (exact) mass is 200 g/mol. The minimum Gasteiger partial charge on any atom is -0.351 e. The van der Waals surface area contributed by atoms with E-state index in [0.29, 0.717) is 6.04 Å². The third-order valence-corrected chi connectivity index (χ3v) is 3.31. The first kappa shape index (κ1) is 10.4. The van der Waals surface area contributed by atoms with Crippen molar-refractivity contribution in [1.29, 1.82) is 0 Å². The van der Waals surface area contributed by atoms with Crippen LogP contribution in [0.25, 0.3) is 0 Å². The van der Waals surface area contributed by atoms with Gasteiger partial charge in [-0.05, 0) is 19.4 Å². The summed E-state index contributed by atoms with van der Waals surface area (Å²) in [6, 6.07) is 0.682. The normalized spacial score (nSPS) is 31.7. The molecule has 4 nitrogen and oxygen atoms in total. The largest absolute Gasteiger partial charge is 0.351 e. The van der Waals surface area contributed by atoms with E-state index in [1.807, 2.05) is 0 Å². The number of likely N-dealkylation sites (tertiary alicyclic amines) is 1. The predicted octanol–water partition coefficient (Wildman–Crippen LogP) is 0.0431. The van der Waals surface area contributed by atoms with E-state index in [1.54, 1.807) is 14.2 Å². The Bertz CT molecular complexity index is 178. The molecular weight excluding hydrogens is 180 g/mol. The maximum atomic E-state index is 5.33. The molecule has 2 rings (SSSR count). The summed E-state index contributed by atoms with van der Waals surface area (Å²) in [5.74, 6) is -0.321. The summed E-state index contributed by atoms with van der Waals surface area (Å²) in [7, 11) is 3.43. The molecule has 1 N–H and O–H groups in total. The van der Waals surface area contributed by atoms with Crippen molar-refractivity contribution < 1.29 is 9.47 Å². The van der Waals surface area contributed by atoms with Crippen LogP contribution in [0.5, 0.6) is 0 Å². The molecule has 0 saturated carbocycles. The third kappa shape index (κ3) is 1.93. The van der Waals surface area contributed by atoms with Crippen molar-refractivity contribution >= 4 is 0 Å². The maximum absolute atomic E-state index is 5.33. The summed E-state index contributed by atoms with van der Waals surface area (Å²) in [5, 5.41) is 3.50. The Morgan fingerprint density at radius 1 is 1.36 bits per heavy atom. The summed E-state index contributed by atoms with van der Waals surface area (Å²) < 4.78 is 10.7. The second-order valence-corrected chi connectivity index (χ2v) is 4.28. The van der Waals surface area contributed by atoms with Gasteiger partial charge in [-0.1, -0.05) is 0 Å². The molecule has 0 aromatic rings. The highest BCUT2D eigenvalue weighted by atomic mass is 16.7. The van der Waals surface area contributed by atoms with E-state index in [4.69, 9.17) is 9.47 Å². The fourth-order valence-corrected chi connectivity index (χ4v) is 2.33. The summed E-state index contributed by atoms with van der Waals surface area (Å²) in [5.41, 5.74) is 0. The average molecular weight is 200 g/mol. The molecule has 2 saturated heterocycles. The first-order valence-electron chi connectivity index (χ1n) is 5.34. The molecule has 0 radical (unpaired) electrons. The molecule has 2 aliphatic rings. The van der Waals surface area contributed by atoms with Gasteiger partial charge < -0.3 is 14.8 Å². The summed E-state index contributed by atoms with van der Waals surface area (Å²) in [6.07, 6.45) is 2.63. The van der Waals surface area contributed by atoms with Gasteiger partial charge in [0.15, 0.2) is 5.79 Å². The lowest BCUT2D eigenvalue weighted by atomic mass is 10.1. The molecule has 2 fully saturated rings. The van der Waals surface area contributed by atoms with Gasteiger partial charge in [0, 0.05) is 26.8 Å². The van der Waals surface area contributed by atoms with Gasteiger partial charge in [-0.2, -0.15) is 0 Å². The highest BCUT2D eigenvalue weighted by Gasteiger charge is 2.44. The third-order valence-electron chi connectivity index (χ3n) is 3.31. The molecule has 0 aliphatic carbocycles. The van der Waals surface area contributed by atoms with Crippen LogP contribution in [0.3, 0.4) is 0 Å². The van der Waals surface area contributed by atoms with Gasteiger partial charge in [0.05, 0.1) is 13.1 Å². The van der Waals surface area contributed by atoms with E-state index in [0.717, 1.165) is 19.6 Å². The summed E-state index contributed by atoms with van der Waals surface area (Å²) in [6.45, 7) is 4.11. The fourth-order valence-electron chi connectivity index (χ4n) is 2.33. The molecule has 4 heteroatoms. The lowest BCUT2D eigenvalue weighted by molar-refractivity contribution is -0.275. The van der Waals surface area contributed by atoms with Crippen LogP contribution in [-0.2, 0) is 9.47 Å². The van der Waals surface area contributed by atoms with Crippen molar-refractivity contribution in [3.8, 4) is 0 Å². The Morgan fingerprint density at radius 3 is 2.57 bits per heavy atom. The van der Waals surface area contributed by atoms with Crippen LogP contribution in [-0.4, -0.2) is 57.1 Å². The standard InChI is InChI=1S/C10H20N2O2/c1-13-10(14-2)7-12(8-10)6-9-4-3-5-11-9/h9,11H,3-8H2,1-2H3. The molecule has 2 aliphatic heterocycles. The van der Waals surface area contributed by atoms with E-state index in [2.05, 4.69) is 10.2 Å². The van der Waals surface area contributed by atoms with Gasteiger partial charge in [0.1, 0.15) is 0 Å². The van der Waals surface area contributed by atoms with E-state index in [1.165, 1.54) is 19.4 Å². The number of hydrogen-bond donors (Lipinski definition) is 1. The molecule has 0 aromatic heterocycles. The Labute approximate surface area is 85.5 Å². The molecule has 0 aromatic carbocycles. The SMILES string of the molecule is COC1(OC)CN(CC2CCCN2)C1. The van der Waals surface area contributed by atoms with Crippen LogP contribution in [0.4, 0.5) is 0 Å². The molecule has 2 heterocycles. The van der Waals surface area contributed by atoms with Crippen molar-refractivity contribution in [2.24, 2.45) is 0 Å². The number of rotatable bonds is 4. The zero-order valence-corrected chi connectivity index (χ0v) is 9.08. The van der Waals surface area contributed by atoms with Crippen LogP contribution in [0.1, 0.15) is 12.8 Å². The second-order valence-electron chi connectivity index (χ2n) is 4.28. The number of nitrogens with zero attached hydrogens (tertiary/aromatic N) is 1. The zero-order valence-electron chi connectivity index (χ0n) is 9.08. The van der Waals surface area contributed by atoms with Gasteiger partial charge in [0.25, 0.3) is 0 Å². The molecule has 0 spiro atoms. The Kier molecular flexibility index (Phi) is 3.07. The molecular formula is C10H20N2O2. The molecule has 0 bridgehead atoms. The topological polar surface area (TPSA) is 33.7 Å². The molecule has 1 unspecified atom stereocenters. The maximum Gasteiger partial charge on any atom is 0.193 e. The Morgan fingerprint density at radius 2 is 2.07 bits per heavy atom. The minimum atomic E-state index is -0.321. The number of methoxy groups -OCH3 is 2. The van der Waals surface area contributed by atoms with Gasteiger partial charge in [-0.25, -0.2) is 0 Å². The van der Waals surface area contributed by atoms with Crippen LogP contribution in [0.15, 0.2) is 0 Å². The van der Waals surface area contributed by atoms with Crippen molar-refractivity contribution in [3.05, 3.63) is 0 Å². The minimum absolute atomic E-state index is 0.321. The Balaban J connectivity index is 1.71. The molecule has 82 valence electrons. The van der Waals surface area contributed by atoms with Gasteiger partial charge in [0.2, 0.25) is 0 Å². The first-order chi connectivity index (χ1) is 6.78. The highest BCUT2D eigenvalue weighted by molar-refractivity contribution is 4.92. The van der Waals surface area contributed by atoms with Crippen LogP contribution in [0.2, 0.25) is 0 Å². The molecule has 0 amide bonds. The second kappa shape index (κ2) is 4.14. The van der Waals surface area contributed by atoms with Crippen LogP contribution < -0.4 is 5.32 Å². The van der Waals surface area contributed by atoms with Gasteiger partial charge in [-0.3, -0.25) is 4.90 Å². The van der Waals surface area contributed by atoms with E-state index in [9.17, 15) is 0 Å². The van der Waals surface area contributed by atoms with Gasteiger partial charge >= 0.3 is 0 Å². The van der Waals surface area contributed by atoms with Crippen LogP contribution >= 0.6 is 0 Å². The molecule has 1 atom stereocenters. The predicted molar refractivity (Wildman–Crippen MR) is 54.2 cm³/mol. The van der Waals surface area contributed by atoms with Crippen molar-refractivity contribution in [2.45, 2.75) is 24.7 Å². The number of ether oxygens (including phenoxy) is 2. The smallest absolute Gasteiger partial charge is 0.193 e. The number of hydrogen-bond acceptors (Lipinski definition) is 4. The van der Waals surface area contributed by atoms with E-state index < -0.39 is 0 Å². The Hall–Kier alpha value is -0.160. The quantitative estimate of drug-likeness (QED) is 0.650. The first-order valence-corrected chi connectivity index (χ1v) is 5.34. The lowest BCUT2D eigenvalue weighted by Crippen LogP contribution is -2.65. The van der Waals surface area contributed by atoms with Gasteiger partial charge in [-0.15, -0.1) is 0 Å². The lowest BCUT2D eigenvalue weighted by Gasteiger charge is -2.48. The summed E-state index contributed by atoms with van der Waals surface area (Å²) in [4.78, 5) is 2.38. The zero-order chi connectivity index (χ0) is 10.0. The summed E-state index contributed by atoms with van der Waals surface area (Å²) >= 11 is 0. The van der Waals surface area contributed by atoms with Crippen LogP contribution in [0, 0.1) is 0 Å². The fraction of sp³-hybridized carbons (Fsp3) is 1.00. The number of nitrogens with one attached hydrogen (secondary N) is 1. The van der Waals surface area contributed by atoms with Crippen molar-refractivity contribution in [3.63, 3.8) is 0 Å². The van der Waals surface area contributed by atoms with E-state index >= 15 is 0 Å².